The second kappa shape index (κ2) is 24.3. The fraction of sp³-hybridized carbons (Fsp3) is 0.429. The minimum atomic E-state index is -0.526. The van der Waals surface area contributed by atoms with Crippen molar-refractivity contribution >= 4 is 52.3 Å². The van der Waals surface area contributed by atoms with Crippen molar-refractivity contribution < 1.29 is 57.2 Å². The van der Waals surface area contributed by atoms with Crippen molar-refractivity contribution in [1.29, 1.82) is 0 Å². The molecule has 2 aromatic carbocycles. The highest BCUT2D eigenvalue weighted by Crippen LogP contribution is 2.39. The molecule has 0 unspecified atom stereocenters. The van der Waals surface area contributed by atoms with Crippen LogP contribution >= 0.6 is 0 Å². The maximum atomic E-state index is 13.9. The smallest absolute Gasteiger partial charge is 0.330 e. The first-order valence-electron chi connectivity index (χ1n) is 21.6. The molecular formula is C49H56N2O12. The Balaban J connectivity index is 1.28. The van der Waals surface area contributed by atoms with Crippen molar-refractivity contribution in [1.82, 2.24) is 9.97 Å². The molecule has 1 aromatic heterocycles. The van der Waals surface area contributed by atoms with Crippen LogP contribution in [0, 0.1) is 23.7 Å². The molecule has 3 aromatic rings. The summed E-state index contributed by atoms with van der Waals surface area (Å²) in [5.41, 5.74) is 2.48. The summed E-state index contributed by atoms with van der Waals surface area (Å²) in [6.45, 7) is 13.4. The number of carbonyl (C=O) groups is 6. The summed E-state index contributed by atoms with van der Waals surface area (Å²) < 4.78 is 33.0. The number of unbranched alkanes of at least 4 members (excludes halogenated alkanes) is 2. The Morgan fingerprint density at radius 2 is 1.00 bits per heavy atom. The monoisotopic (exact) mass is 864 g/mol. The standard InChI is InChI=1S/C49H56N2O12/c1-5-32(6-2)44-38-30-40(62-48(56)36-22-18-34(19-23-36)46(54)60-28-14-12-26-58-42(52)7-3)41(31-39(38)50-45(51-44)33-16-10-9-11-17-33)63-49(57)37-24-20-35(21-25-37)47(55)61-29-15-13-27-59-43(53)8-4/h5-11,16-17,30-31,34-37H,1,3-4,12-15,18-29H2,2H3/b32-6+. The molecule has 0 spiro atoms. The van der Waals surface area contributed by atoms with Gasteiger partial charge < -0.3 is 28.4 Å². The maximum absolute atomic E-state index is 13.9. The molecule has 0 aliphatic heterocycles. The molecule has 0 N–H and O–H groups in total. The zero-order chi connectivity index (χ0) is 45.1. The molecule has 334 valence electrons. The van der Waals surface area contributed by atoms with E-state index in [1.807, 2.05) is 43.3 Å². The van der Waals surface area contributed by atoms with Crippen LogP contribution in [-0.4, -0.2) is 72.2 Å². The number of fused-ring (bicyclic) bond motifs is 1. The summed E-state index contributed by atoms with van der Waals surface area (Å²) in [4.78, 5) is 85.5. The lowest BCUT2D eigenvalue weighted by Crippen LogP contribution is -2.30. The maximum Gasteiger partial charge on any atom is 0.330 e. The van der Waals surface area contributed by atoms with Gasteiger partial charge in [-0.3, -0.25) is 19.2 Å². The lowest BCUT2D eigenvalue weighted by atomic mass is 9.82. The fourth-order valence-corrected chi connectivity index (χ4v) is 7.55. The molecule has 2 saturated carbocycles. The van der Waals surface area contributed by atoms with Gasteiger partial charge in [0.1, 0.15) is 0 Å². The molecule has 0 amide bonds. The first-order valence-corrected chi connectivity index (χ1v) is 21.6. The number of benzene rings is 2. The number of nitrogens with zero attached hydrogens (tertiary/aromatic N) is 2. The van der Waals surface area contributed by atoms with Gasteiger partial charge >= 0.3 is 35.8 Å². The van der Waals surface area contributed by atoms with Crippen molar-refractivity contribution in [3.05, 3.63) is 92.2 Å². The van der Waals surface area contributed by atoms with Crippen LogP contribution in [0.2, 0.25) is 0 Å². The second-order valence-electron chi connectivity index (χ2n) is 15.5. The van der Waals surface area contributed by atoms with E-state index in [4.69, 9.17) is 38.4 Å². The van der Waals surface area contributed by atoms with E-state index in [1.165, 1.54) is 0 Å². The fourth-order valence-electron chi connectivity index (χ4n) is 7.55. The molecule has 63 heavy (non-hydrogen) atoms. The lowest BCUT2D eigenvalue weighted by Gasteiger charge is -2.27. The largest absolute Gasteiger partial charge is 0.465 e. The molecule has 0 bridgehead atoms. The van der Waals surface area contributed by atoms with Gasteiger partial charge in [-0.25, -0.2) is 19.6 Å². The van der Waals surface area contributed by atoms with Crippen LogP contribution in [-0.2, 0) is 47.7 Å². The molecule has 5 rings (SSSR count). The predicted octanol–water partition coefficient (Wildman–Crippen LogP) is 8.41. The average molecular weight is 865 g/mol. The van der Waals surface area contributed by atoms with Crippen LogP contribution in [0.5, 0.6) is 11.5 Å². The van der Waals surface area contributed by atoms with Gasteiger partial charge in [-0.15, -0.1) is 0 Å². The molecular weight excluding hydrogens is 809 g/mol. The molecule has 0 atom stereocenters. The Morgan fingerprint density at radius 1 is 0.571 bits per heavy atom. The van der Waals surface area contributed by atoms with Crippen LogP contribution in [0.25, 0.3) is 27.9 Å². The van der Waals surface area contributed by atoms with Crippen LogP contribution < -0.4 is 9.47 Å². The number of ether oxygens (including phenoxy) is 6. The van der Waals surface area contributed by atoms with Gasteiger partial charge in [0, 0.05) is 29.2 Å². The van der Waals surface area contributed by atoms with Crippen LogP contribution in [0.1, 0.15) is 89.7 Å². The predicted molar refractivity (Wildman–Crippen MR) is 234 cm³/mol. The van der Waals surface area contributed by atoms with Crippen LogP contribution in [0.4, 0.5) is 0 Å². The molecule has 2 fully saturated rings. The van der Waals surface area contributed by atoms with Gasteiger partial charge in [-0.05, 0) is 95.6 Å². The van der Waals surface area contributed by atoms with Gasteiger partial charge in [0.05, 0.1) is 61.3 Å². The minimum absolute atomic E-state index is 0.0157. The summed E-state index contributed by atoms with van der Waals surface area (Å²) in [6, 6.07) is 12.6. The third kappa shape index (κ3) is 13.8. The SMILES string of the molecule is C=CC(=O)OCCCCOC(=O)C1CCC(C(=O)Oc2cc3nc(-c4ccccc4)nc(/C(C=C)=C/C)c3cc2OC(=O)C2CCC(C(=O)OCCCCOC(=O)C=C)CC2)CC1. The highest BCUT2D eigenvalue weighted by Gasteiger charge is 2.35. The van der Waals surface area contributed by atoms with E-state index in [9.17, 15) is 28.8 Å². The Bertz CT molecular complexity index is 2170. The van der Waals surface area contributed by atoms with Crippen molar-refractivity contribution in [2.24, 2.45) is 23.7 Å². The van der Waals surface area contributed by atoms with Crippen LogP contribution in [0.15, 0.2) is 86.5 Å². The number of allylic oxidation sites excluding steroid dienone is 3. The Labute approximate surface area is 367 Å². The number of hydrogen-bond acceptors (Lipinski definition) is 14. The molecule has 2 aliphatic carbocycles. The summed E-state index contributed by atoms with van der Waals surface area (Å²) in [6.07, 6.45) is 11.2. The highest BCUT2D eigenvalue weighted by atomic mass is 16.6. The zero-order valence-electron chi connectivity index (χ0n) is 35.9. The van der Waals surface area contributed by atoms with Crippen molar-refractivity contribution in [3.63, 3.8) is 0 Å². The zero-order valence-corrected chi connectivity index (χ0v) is 35.9. The number of carbonyl (C=O) groups excluding carboxylic acids is 6. The van der Waals surface area contributed by atoms with E-state index in [0.29, 0.717) is 105 Å². The Hall–Kier alpha value is -6.44. The first-order chi connectivity index (χ1) is 30.5. The van der Waals surface area contributed by atoms with Gasteiger partial charge in [-0.1, -0.05) is 62.2 Å². The second-order valence-corrected chi connectivity index (χ2v) is 15.5. The molecule has 14 nitrogen and oxygen atoms in total. The molecule has 2 aliphatic rings. The van der Waals surface area contributed by atoms with E-state index in [2.05, 4.69) is 19.7 Å². The molecule has 1 heterocycles. The molecule has 0 radical (unpaired) electrons. The van der Waals surface area contributed by atoms with E-state index in [1.54, 1.807) is 18.2 Å². The normalized spacial score (nSPS) is 18.6. The Kier molecular flexibility index (Phi) is 18.3. The number of aromatic nitrogens is 2. The number of esters is 6. The van der Waals surface area contributed by atoms with E-state index in [-0.39, 0.29) is 61.7 Å². The van der Waals surface area contributed by atoms with Gasteiger partial charge in [0.25, 0.3) is 0 Å². The first kappa shape index (κ1) is 47.6. The summed E-state index contributed by atoms with van der Waals surface area (Å²) in [5, 5.41) is 0.549. The number of rotatable bonds is 21. The topological polar surface area (TPSA) is 184 Å². The van der Waals surface area contributed by atoms with Crippen LogP contribution in [0.3, 0.4) is 0 Å². The molecule has 14 heteroatoms. The van der Waals surface area contributed by atoms with E-state index >= 15 is 0 Å². The van der Waals surface area contributed by atoms with Gasteiger partial charge in [0.2, 0.25) is 0 Å². The molecule has 0 saturated heterocycles. The quantitative estimate of drug-likeness (QED) is 0.0248. The van der Waals surface area contributed by atoms with Gasteiger partial charge in [0.15, 0.2) is 17.3 Å². The van der Waals surface area contributed by atoms with Crippen molar-refractivity contribution in [2.45, 2.75) is 84.0 Å². The third-order valence-corrected chi connectivity index (χ3v) is 11.2. The van der Waals surface area contributed by atoms with E-state index in [0.717, 1.165) is 17.7 Å². The highest BCUT2D eigenvalue weighted by molar-refractivity contribution is 5.96. The minimum Gasteiger partial charge on any atom is -0.465 e. The van der Waals surface area contributed by atoms with Gasteiger partial charge in [-0.2, -0.15) is 0 Å². The van der Waals surface area contributed by atoms with Crippen molar-refractivity contribution in [2.75, 3.05) is 26.4 Å². The lowest BCUT2D eigenvalue weighted by molar-refractivity contribution is -0.152. The number of hydrogen-bond donors (Lipinski definition) is 0. The summed E-state index contributed by atoms with van der Waals surface area (Å²) in [7, 11) is 0. The van der Waals surface area contributed by atoms with Crippen molar-refractivity contribution in [3.8, 4) is 22.9 Å². The Morgan fingerprint density at radius 3 is 1.43 bits per heavy atom. The summed E-state index contributed by atoms with van der Waals surface area (Å²) in [5.74, 6) is -4.00. The van der Waals surface area contributed by atoms with E-state index < -0.39 is 35.7 Å². The summed E-state index contributed by atoms with van der Waals surface area (Å²) >= 11 is 0. The average Bonchev–Trinajstić information content (AvgIpc) is 3.31. The third-order valence-electron chi connectivity index (χ3n) is 11.2.